The van der Waals surface area contributed by atoms with Gasteiger partial charge in [0.25, 0.3) is 0 Å². The number of hydrogen-bond donors (Lipinski definition) is 0. The normalized spacial score (nSPS) is 21.6. The monoisotopic (exact) mass is 164 g/mol. The number of rotatable bonds is 2. The van der Waals surface area contributed by atoms with E-state index in [2.05, 4.69) is 12.1 Å². The Morgan fingerprint density at radius 1 is 1.33 bits per heavy atom. The Morgan fingerprint density at radius 2 is 2.00 bits per heavy atom. The summed E-state index contributed by atoms with van der Waals surface area (Å²) >= 11 is 0. The van der Waals surface area contributed by atoms with Crippen LogP contribution in [0.15, 0.2) is 24.3 Å². The van der Waals surface area contributed by atoms with Gasteiger partial charge in [0.15, 0.2) is 0 Å². The highest BCUT2D eigenvalue weighted by Crippen LogP contribution is 2.29. The quantitative estimate of drug-likeness (QED) is 0.666. The van der Waals surface area contributed by atoms with E-state index in [1.54, 1.807) is 7.11 Å². The van der Waals surface area contributed by atoms with E-state index in [1.807, 2.05) is 12.1 Å². The van der Waals surface area contributed by atoms with Crippen LogP contribution in [-0.4, -0.2) is 13.7 Å². The molecule has 0 bridgehead atoms. The zero-order valence-corrected chi connectivity index (χ0v) is 7.12. The predicted octanol–water partition coefficient (Wildman–Crippen LogP) is 2.16. The van der Waals surface area contributed by atoms with Crippen molar-refractivity contribution >= 4 is 0 Å². The molecule has 64 valence electrons. The maximum atomic E-state index is 5.35. The summed E-state index contributed by atoms with van der Waals surface area (Å²) in [6.45, 7) is 0.899. The zero-order chi connectivity index (χ0) is 8.39. The highest BCUT2D eigenvalue weighted by atomic mass is 16.5. The number of ether oxygens (including phenoxy) is 2. The largest absolute Gasteiger partial charge is 0.497 e. The van der Waals surface area contributed by atoms with E-state index in [-0.39, 0.29) is 0 Å². The highest BCUT2D eigenvalue weighted by Gasteiger charge is 2.19. The third kappa shape index (κ3) is 1.30. The first-order chi connectivity index (χ1) is 5.90. The molecule has 0 radical (unpaired) electrons. The lowest BCUT2D eigenvalue weighted by atomic mass is 10.0. The van der Waals surface area contributed by atoms with E-state index in [1.165, 1.54) is 5.56 Å². The van der Waals surface area contributed by atoms with Crippen molar-refractivity contribution in [2.75, 3.05) is 13.7 Å². The van der Waals surface area contributed by atoms with E-state index >= 15 is 0 Å². The van der Waals surface area contributed by atoms with Gasteiger partial charge in [0, 0.05) is 6.42 Å². The van der Waals surface area contributed by atoms with E-state index in [0.29, 0.717) is 6.10 Å². The van der Waals surface area contributed by atoms with Crippen molar-refractivity contribution in [2.24, 2.45) is 0 Å². The summed E-state index contributed by atoms with van der Waals surface area (Å²) < 4.78 is 10.4. The van der Waals surface area contributed by atoms with Crippen LogP contribution in [0.25, 0.3) is 0 Å². The van der Waals surface area contributed by atoms with Gasteiger partial charge >= 0.3 is 0 Å². The molecule has 0 N–H and O–H groups in total. The van der Waals surface area contributed by atoms with Crippen LogP contribution in [0.1, 0.15) is 18.1 Å². The Labute approximate surface area is 72.1 Å². The van der Waals surface area contributed by atoms with Crippen LogP contribution in [0.2, 0.25) is 0 Å². The molecule has 1 saturated heterocycles. The molecule has 2 rings (SSSR count). The molecule has 1 fully saturated rings. The second-order valence-electron chi connectivity index (χ2n) is 2.92. The molecule has 1 aliphatic heterocycles. The molecule has 1 heterocycles. The van der Waals surface area contributed by atoms with Crippen molar-refractivity contribution in [3.8, 4) is 5.75 Å². The Balaban J connectivity index is 2.13. The van der Waals surface area contributed by atoms with Gasteiger partial charge in [-0.2, -0.15) is 0 Å². The average molecular weight is 164 g/mol. The van der Waals surface area contributed by atoms with Gasteiger partial charge in [-0.1, -0.05) is 12.1 Å². The van der Waals surface area contributed by atoms with Gasteiger partial charge in [-0.15, -0.1) is 0 Å². The maximum Gasteiger partial charge on any atom is 0.118 e. The Morgan fingerprint density at radius 3 is 2.42 bits per heavy atom. The first-order valence-electron chi connectivity index (χ1n) is 4.16. The molecule has 0 unspecified atom stereocenters. The first-order valence-corrected chi connectivity index (χ1v) is 4.16. The average Bonchev–Trinajstić information content (AvgIpc) is 2.03. The molecule has 0 amide bonds. The molecule has 12 heavy (non-hydrogen) atoms. The lowest BCUT2D eigenvalue weighted by Crippen LogP contribution is -2.17. The zero-order valence-electron chi connectivity index (χ0n) is 7.12. The summed E-state index contributed by atoms with van der Waals surface area (Å²) in [7, 11) is 1.68. The summed E-state index contributed by atoms with van der Waals surface area (Å²) in [4.78, 5) is 0. The molecule has 0 aliphatic carbocycles. The van der Waals surface area contributed by atoms with Crippen molar-refractivity contribution in [2.45, 2.75) is 12.5 Å². The van der Waals surface area contributed by atoms with E-state index in [4.69, 9.17) is 9.47 Å². The molecule has 1 aromatic rings. The van der Waals surface area contributed by atoms with Crippen LogP contribution in [0.5, 0.6) is 5.75 Å². The third-order valence-electron chi connectivity index (χ3n) is 2.19. The minimum atomic E-state index is 0.330. The van der Waals surface area contributed by atoms with Crippen LogP contribution in [0, 0.1) is 0 Å². The van der Waals surface area contributed by atoms with E-state index < -0.39 is 0 Å². The van der Waals surface area contributed by atoms with Gasteiger partial charge in [-0.3, -0.25) is 0 Å². The first kappa shape index (κ1) is 7.62. The van der Waals surface area contributed by atoms with Gasteiger partial charge in [0.05, 0.1) is 19.8 Å². The van der Waals surface area contributed by atoms with Gasteiger partial charge in [0.1, 0.15) is 5.75 Å². The smallest absolute Gasteiger partial charge is 0.118 e. The molecule has 1 aromatic carbocycles. The van der Waals surface area contributed by atoms with E-state index in [0.717, 1.165) is 18.8 Å². The molecule has 1 aliphatic rings. The van der Waals surface area contributed by atoms with Crippen molar-refractivity contribution in [1.29, 1.82) is 0 Å². The number of hydrogen-bond acceptors (Lipinski definition) is 2. The fourth-order valence-electron chi connectivity index (χ4n) is 1.32. The topological polar surface area (TPSA) is 18.5 Å². The van der Waals surface area contributed by atoms with Crippen molar-refractivity contribution in [3.63, 3.8) is 0 Å². The lowest BCUT2D eigenvalue weighted by molar-refractivity contribution is -0.0527. The molecule has 0 saturated carbocycles. The number of methoxy groups -OCH3 is 1. The molecule has 2 nitrogen and oxygen atoms in total. The summed E-state index contributed by atoms with van der Waals surface area (Å²) in [5, 5.41) is 0. The standard InChI is InChI=1S/C10H12O2/c1-11-9-4-2-8(3-5-9)10-6-7-12-10/h2-5,10H,6-7H2,1H3/t10-/m1/s1. The minimum Gasteiger partial charge on any atom is -0.497 e. The second-order valence-corrected chi connectivity index (χ2v) is 2.92. The molecule has 1 atom stereocenters. The predicted molar refractivity (Wildman–Crippen MR) is 46.3 cm³/mol. The Bertz CT molecular complexity index is 249. The highest BCUT2D eigenvalue weighted by molar-refractivity contribution is 5.28. The maximum absolute atomic E-state index is 5.35. The fraction of sp³-hybridized carbons (Fsp3) is 0.400. The van der Waals surface area contributed by atoms with Gasteiger partial charge in [-0.05, 0) is 17.7 Å². The van der Waals surface area contributed by atoms with Crippen LogP contribution in [0.3, 0.4) is 0 Å². The van der Waals surface area contributed by atoms with Gasteiger partial charge in [-0.25, -0.2) is 0 Å². The lowest BCUT2D eigenvalue weighted by Gasteiger charge is -2.26. The summed E-state index contributed by atoms with van der Waals surface area (Å²) in [6, 6.07) is 8.05. The van der Waals surface area contributed by atoms with Crippen LogP contribution in [0.4, 0.5) is 0 Å². The Kier molecular flexibility index (Phi) is 2.00. The Hall–Kier alpha value is -1.02. The van der Waals surface area contributed by atoms with Crippen molar-refractivity contribution in [3.05, 3.63) is 29.8 Å². The minimum absolute atomic E-state index is 0.330. The van der Waals surface area contributed by atoms with Crippen molar-refractivity contribution in [1.82, 2.24) is 0 Å². The molecular weight excluding hydrogens is 152 g/mol. The number of benzene rings is 1. The third-order valence-corrected chi connectivity index (χ3v) is 2.19. The molecular formula is C10H12O2. The van der Waals surface area contributed by atoms with Crippen molar-refractivity contribution < 1.29 is 9.47 Å². The van der Waals surface area contributed by atoms with Gasteiger partial charge < -0.3 is 9.47 Å². The van der Waals surface area contributed by atoms with E-state index in [9.17, 15) is 0 Å². The van der Waals surface area contributed by atoms with Crippen LogP contribution in [-0.2, 0) is 4.74 Å². The van der Waals surface area contributed by atoms with Crippen LogP contribution >= 0.6 is 0 Å². The second kappa shape index (κ2) is 3.15. The SMILES string of the molecule is COc1ccc([C@H]2CCO2)cc1. The summed E-state index contributed by atoms with van der Waals surface area (Å²) in [5.41, 5.74) is 1.25. The molecule has 0 aromatic heterocycles. The summed E-state index contributed by atoms with van der Waals surface area (Å²) in [5.74, 6) is 0.901. The van der Waals surface area contributed by atoms with Gasteiger partial charge in [0.2, 0.25) is 0 Å². The van der Waals surface area contributed by atoms with Crippen LogP contribution < -0.4 is 4.74 Å². The molecule has 2 heteroatoms. The fourth-order valence-corrected chi connectivity index (χ4v) is 1.32. The molecule has 0 spiro atoms. The summed E-state index contributed by atoms with van der Waals surface area (Å²) in [6.07, 6.45) is 1.47.